The summed E-state index contributed by atoms with van der Waals surface area (Å²) in [4.78, 5) is 13.9. The summed E-state index contributed by atoms with van der Waals surface area (Å²) in [7, 11) is -8.01. The van der Waals surface area contributed by atoms with Gasteiger partial charge < -0.3 is 10.1 Å². The number of alkyl halides is 9. The Morgan fingerprint density at radius 1 is 0.323 bits per heavy atom. The molecule has 2 unspecified atom stereocenters. The molecule has 14 aromatic rings. The van der Waals surface area contributed by atoms with E-state index in [1.165, 1.54) is 89.8 Å². The Labute approximate surface area is 740 Å². The Bertz CT molecular complexity index is 5730. The fraction of sp³-hybridized carbons (Fsp3) is 0.154. The predicted octanol–water partition coefficient (Wildman–Crippen LogP) is 29.8. The summed E-state index contributed by atoms with van der Waals surface area (Å²) in [5.41, 5.74) is -6.73. The number of para-hydroxylation sites is 2. The van der Waals surface area contributed by atoms with Crippen molar-refractivity contribution in [2.75, 3.05) is 12.4 Å². The molecule has 4 nitrogen and oxygen atoms in total. The summed E-state index contributed by atoms with van der Waals surface area (Å²) in [6.07, 6.45) is 4.79. The van der Waals surface area contributed by atoms with Gasteiger partial charge >= 0.3 is 16.5 Å². The van der Waals surface area contributed by atoms with E-state index in [-0.39, 0.29) is 53.3 Å². The van der Waals surface area contributed by atoms with Gasteiger partial charge in [0.1, 0.15) is 42.2 Å². The first kappa shape index (κ1) is 92.8. The monoisotopic (exact) mass is 1800 g/mol. The molecule has 0 saturated heterocycles. The standard InChI is InChI=1S/C21H28F3S.C18H14NS.C18H13O2S2.C18H15S.C16H16F3OS.C13H10F3S/c1-19(2,3)15-7-11-17(12-8-15)25(21(22,23)24)18-13-9-16(10-14-18)20(4,5)6;1-2-8-14(9-3-1)20-17-12-6-4-10-15(17)19-16-11-5-7-13-18(16)20;19-22(20)17-12-6-4-10-15(17)21(14-8-2-1-3-9-14)16-11-5-7-13-18(16)22;1-4-10-16(11-5-1)19(17-12-6-2-7-13-17)18-14-8-3-9-15-18;1-11-9-14(10-12(2)15(11)20-3)21(16(17,18)19)13-7-5-4-6-8-13;14-13(15,16)17(11-7-3-1-4-8-11)12-9-5-2-6-10-12/h7-9,11-13H,10,14H2,1-6H3;1-13,19H;1-13H;1-15H;4-10H,1-3H3;1-10H/q6*+1. The van der Waals surface area contributed by atoms with Gasteiger partial charge in [-0.1, -0.05) is 259 Å². The number of sulfone groups is 1. The number of hydrogen-bond acceptors (Lipinski definition) is 4. The predicted molar refractivity (Wildman–Crippen MR) is 497 cm³/mol. The van der Waals surface area contributed by atoms with Gasteiger partial charge in [-0.15, -0.1) is 39.5 Å². The van der Waals surface area contributed by atoms with Crippen molar-refractivity contribution in [3.63, 3.8) is 0 Å². The third kappa shape index (κ3) is 23.4. The summed E-state index contributed by atoms with van der Waals surface area (Å²) in [6.45, 7) is 16.0. The molecule has 0 aromatic heterocycles. The number of anilines is 2. The van der Waals surface area contributed by atoms with Crippen molar-refractivity contribution >= 4 is 86.6 Å². The second kappa shape index (κ2) is 41.6. The minimum absolute atomic E-state index is 0.00717. The van der Waals surface area contributed by atoms with Crippen molar-refractivity contribution in [3.05, 3.63) is 415 Å². The van der Waals surface area contributed by atoms with E-state index >= 15 is 0 Å². The minimum atomic E-state index is -4.31. The molecule has 0 fully saturated rings. The molecule has 0 saturated carbocycles. The molecular formula is C104H96F9NO3S7+6. The Morgan fingerprint density at radius 2 is 0.621 bits per heavy atom. The molecule has 124 heavy (non-hydrogen) atoms. The van der Waals surface area contributed by atoms with Crippen LogP contribution < -0.4 is 10.1 Å². The number of benzene rings is 14. The molecule has 20 heteroatoms. The summed E-state index contributed by atoms with van der Waals surface area (Å²) < 4.78 is 152. The van der Waals surface area contributed by atoms with Gasteiger partial charge in [-0.2, -0.15) is 0 Å². The van der Waals surface area contributed by atoms with Crippen molar-refractivity contribution in [3.8, 4) is 5.75 Å². The summed E-state index contributed by atoms with van der Waals surface area (Å²) in [5.74, 6) is 0.637. The van der Waals surface area contributed by atoms with Gasteiger partial charge in [0.2, 0.25) is 9.84 Å². The number of fused-ring (bicyclic) bond motifs is 4. The SMILES string of the molecule is CC(C)(C)C1=CC=C([S+](c2ccc(C(C)(C)C)cc2)C(F)(F)F)CC1.COc1c(C)cc([S+](c2ccccc2)C(F)(F)F)cc1C.FC(F)(F)[S+](c1ccccc1)c1ccccc1.O=S1(=O)c2ccccc2[S+](c2ccccc2)c2ccccc21.c1ccc([S+](c2ccccc2)c2ccccc2)cc1.c1ccc([S+]2c3ccccc3Nc3ccccc32)cc1. The number of halogens is 9. The zero-order valence-corrected chi connectivity index (χ0v) is 75.6. The van der Waals surface area contributed by atoms with Crippen LogP contribution in [0.3, 0.4) is 0 Å². The lowest BCUT2D eigenvalue weighted by atomic mass is 9.82. The third-order valence-electron chi connectivity index (χ3n) is 19.9. The van der Waals surface area contributed by atoms with Gasteiger partial charge in [0.05, 0.1) is 29.4 Å². The lowest BCUT2D eigenvalue weighted by Crippen LogP contribution is -2.27. The van der Waals surface area contributed by atoms with Crippen molar-refractivity contribution in [1.29, 1.82) is 0 Å². The van der Waals surface area contributed by atoms with E-state index in [0.29, 0.717) is 59.1 Å². The molecule has 14 aromatic carbocycles. The molecular weight excluding hydrogens is 1710 g/mol. The highest BCUT2D eigenvalue weighted by Gasteiger charge is 2.58. The van der Waals surface area contributed by atoms with Crippen LogP contribution in [0, 0.1) is 19.3 Å². The van der Waals surface area contributed by atoms with Crippen LogP contribution in [0.15, 0.2) is 477 Å². The van der Waals surface area contributed by atoms with E-state index in [2.05, 4.69) is 229 Å². The van der Waals surface area contributed by atoms with E-state index in [0.717, 1.165) is 20.2 Å². The zero-order chi connectivity index (χ0) is 88.4. The van der Waals surface area contributed by atoms with Gasteiger partial charge in [-0.05, 0) is 212 Å². The van der Waals surface area contributed by atoms with Crippen LogP contribution in [0.4, 0.5) is 50.9 Å². The highest BCUT2D eigenvalue weighted by molar-refractivity contribution is 8.01. The van der Waals surface area contributed by atoms with Crippen LogP contribution in [0.2, 0.25) is 0 Å². The van der Waals surface area contributed by atoms with Crippen LogP contribution in [0.5, 0.6) is 5.75 Å². The first-order valence-corrected chi connectivity index (χ1v) is 48.7. The van der Waals surface area contributed by atoms with Gasteiger partial charge in [0.15, 0.2) is 101 Å². The first-order chi connectivity index (χ1) is 59.3. The van der Waals surface area contributed by atoms with E-state index in [9.17, 15) is 47.9 Å². The third-order valence-corrected chi connectivity index (χ3v) is 34.9. The number of allylic oxidation sites excluding steroid dienone is 4. The van der Waals surface area contributed by atoms with E-state index in [1.54, 1.807) is 123 Å². The average Bonchev–Trinajstić information content (AvgIpc) is 0.713. The van der Waals surface area contributed by atoms with Gasteiger partial charge in [0.25, 0.3) is 0 Å². The molecule has 0 amide bonds. The number of methoxy groups -OCH3 is 1. The van der Waals surface area contributed by atoms with E-state index < -0.39 is 59.0 Å². The second-order valence-corrected chi connectivity index (χ2v) is 44.6. The molecule has 634 valence electrons. The fourth-order valence-corrected chi connectivity index (χ4v) is 28.5. The van der Waals surface area contributed by atoms with Crippen LogP contribution in [-0.4, -0.2) is 32.1 Å². The highest BCUT2D eigenvalue weighted by Crippen LogP contribution is 2.49. The normalized spacial score (nSPS) is 14.0. The summed E-state index contributed by atoms with van der Waals surface area (Å²) in [5, 5.41) is 3.55. The molecule has 0 spiro atoms. The van der Waals surface area contributed by atoms with E-state index in [1.807, 2.05) is 60.7 Å². The average molecular weight is 1800 g/mol. The maximum Gasteiger partial charge on any atom is 0.586 e. The lowest BCUT2D eigenvalue weighted by Gasteiger charge is -2.25. The Morgan fingerprint density at radius 3 is 0.944 bits per heavy atom. The van der Waals surface area contributed by atoms with Crippen molar-refractivity contribution in [1.82, 2.24) is 0 Å². The molecule has 1 N–H and O–H groups in total. The van der Waals surface area contributed by atoms with Crippen LogP contribution in [0.25, 0.3) is 0 Å². The van der Waals surface area contributed by atoms with Crippen molar-refractivity contribution in [2.45, 2.75) is 168 Å². The molecule has 17 rings (SSSR count). The summed E-state index contributed by atoms with van der Waals surface area (Å²) in [6, 6.07) is 119. The molecule has 2 atom stereocenters. The maximum absolute atomic E-state index is 13.8. The maximum atomic E-state index is 13.8. The van der Waals surface area contributed by atoms with Gasteiger partial charge in [-0.3, -0.25) is 0 Å². The van der Waals surface area contributed by atoms with Crippen molar-refractivity contribution in [2.24, 2.45) is 5.41 Å². The Kier molecular flexibility index (Phi) is 31.1. The fourth-order valence-electron chi connectivity index (χ4n) is 14.1. The van der Waals surface area contributed by atoms with Crippen molar-refractivity contribution < 1.29 is 52.7 Å². The quantitative estimate of drug-likeness (QED) is 0.0978. The topological polar surface area (TPSA) is 55.4 Å². The number of ether oxygens (including phenoxy) is 1. The Balaban J connectivity index is 0.000000136. The number of hydrogen-bond donors (Lipinski definition) is 1. The zero-order valence-electron chi connectivity index (χ0n) is 69.8. The van der Waals surface area contributed by atoms with E-state index in [4.69, 9.17) is 4.74 Å². The Hall–Kier alpha value is -10.4. The van der Waals surface area contributed by atoms with Gasteiger partial charge in [0, 0.05) is 18.6 Å². The number of rotatable bonds is 12. The van der Waals surface area contributed by atoms with Crippen LogP contribution in [0.1, 0.15) is 71.1 Å². The lowest BCUT2D eigenvalue weighted by molar-refractivity contribution is -0.0379. The largest absolute Gasteiger partial charge is 0.586 e. The van der Waals surface area contributed by atoms with Crippen LogP contribution in [-0.2, 0) is 80.6 Å². The molecule has 0 bridgehead atoms. The number of nitrogens with one attached hydrogen (secondary N) is 1. The molecule has 1 aliphatic carbocycles. The second-order valence-electron chi connectivity index (χ2n) is 30.6. The molecule has 0 radical (unpaired) electrons. The summed E-state index contributed by atoms with van der Waals surface area (Å²) >= 11 is 0. The molecule has 3 aliphatic rings. The molecule has 2 heterocycles. The highest BCUT2D eigenvalue weighted by atomic mass is 32.2. The first-order valence-electron chi connectivity index (χ1n) is 39.9. The number of aryl methyl sites for hydroxylation is 2. The smallest absolute Gasteiger partial charge is 0.496 e. The van der Waals surface area contributed by atoms with Gasteiger partial charge in [-0.25, -0.2) is 8.42 Å². The minimum Gasteiger partial charge on any atom is -0.496 e. The van der Waals surface area contributed by atoms with Crippen LogP contribution >= 0.6 is 0 Å². The molecule has 2 aliphatic heterocycles.